The first-order chi connectivity index (χ1) is 15.6. The van der Waals surface area contributed by atoms with E-state index in [-0.39, 0.29) is 22.6 Å². The molecule has 1 aromatic heterocycles. The van der Waals surface area contributed by atoms with Crippen LogP contribution in [0.15, 0.2) is 59.5 Å². The Morgan fingerprint density at radius 2 is 1.79 bits per heavy atom. The molecule has 0 radical (unpaired) electrons. The first kappa shape index (κ1) is 25.2. The molecule has 0 aliphatic carbocycles. The molecule has 2 aromatic carbocycles. The van der Waals surface area contributed by atoms with Gasteiger partial charge in [-0.3, -0.25) is 14.3 Å². The summed E-state index contributed by atoms with van der Waals surface area (Å²) >= 11 is 3.09. The van der Waals surface area contributed by atoms with E-state index in [2.05, 4.69) is 17.5 Å². The molecule has 3 aromatic rings. The van der Waals surface area contributed by atoms with Gasteiger partial charge in [0.15, 0.2) is 5.78 Å². The third-order valence-corrected chi connectivity index (χ3v) is 7.54. The van der Waals surface area contributed by atoms with Crippen LogP contribution >= 0.6 is 12.8 Å². The van der Waals surface area contributed by atoms with Crippen LogP contribution in [-0.4, -0.2) is 20.2 Å². The predicted molar refractivity (Wildman–Crippen MR) is 134 cm³/mol. The van der Waals surface area contributed by atoms with E-state index in [1.165, 1.54) is 34.9 Å². The van der Waals surface area contributed by atoms with E-state index in [1.807, 2.05) is 26.8 Å². The minimum Gasteiger partial charge on any atom is -0.616 e. The number of nitrogens with one attached hydrogen (secondary N) is 1. The number of aryl methyl sites for hydroxylation is 1. The van der Waals surface area contributed by atoms with E-state index in [1.54, 1.807) is 25.4 Å². The zero-order chi connectivity index (χ0) is 24.3. The fraction of sp³-hybridized carbons (Fsp3) is 0.280. The molecule has 3 rings (SSSR count). The van der Waals surface area contributed by atoms with Crippen LogP contribution in [0.4, 0.5) is 4.39 Å². The molecular weight excluding hydrogens is 459 g/mol. The van der Waals surface area contributed by atoms with E-state index in [9.17, 15) is 18.5 Å². The molecule has 33 heavy (non-hydrogen) atoms. The number of carbonyl (C=O) groups is 1. The lowest BCUT2D eigenvalue weighted by atomic mass is 9.89. The molecule has 0 saturated heterocycles. The van der Waals surface area contributed by atoms with Crippen LogP contribution in [0.3, 0.4) is 0 Å². The van der Waals surface area contributed by atoms with Gasteiger partial charge in [0.05, 0.1) is 0 Å². The van der Waals surface area contributed by atoms with Gasteiger partial charge in [-0.2, -0.15) is 0 Å². The van der Waals surface area contributed by atoms with Crippen LogP contribution in [0, 0.1) is 5.82 Å². The van der Waals surface area contributed by atoms with Crippen molar-refractivity contribution in [3.8, 4) is 11.1 Å². The van der Waals surface area contributed by atoms with Gasteiger partial charge in [0.2, 0.25) is 0 Å². The minimum absolute atomic E-state index is 0.00418. The Kier molecular flexibility index (Phi) is 8.18. The molecule has 5 nitrogen and oxygen atoms in total. The maximum atomic E-state index is 13.4. The number of hydrogen-bond donors (Lipinski definition) is 2. The molecule has 1 N–H and O–H groups in total. The van der Waals surface area contributed by atoms with Gasteiger partial charge in [-0.25, -0.2) is 4.39 Å². The molecule has 174 valence electrons. The molecule has 8 heteroatoms. The lowest BCUT2D eigenvalue weighted by Crippen LogP contribution is -2.20. The lowest BCUT2D eigenvalue weighted by molar-refractivity contribution is 0.103. The fourth-order valence-electron chi connectivity index (χ4n) is 3.49. The molecule has 0 spiro atoms. The summed E-state index contributed by atoms with van der Waals surface area (Å²) in [6.45, 7) is 5.66. The summed E-state index contributed by atoms with van der Waals surface area (Å²) in [7, 11) is 1.65. The van der Waals surface area contributed by atoms with Crippen molar-refractivity contribution in [2.24, 2.45) is 7.05 Å². The van der Waals surface area contributed by atoms with Crippen LogP contribution in [-0.2, 0) is 24.0 Å². The highest BCUT2D eigenvalue weighted by atomic mass is 32.2. The molecule has 2 unspecified atom stereocenters. The summed E-state index contributed by atoms with van der Waals surface area (Å²) in [6.07, 6.45) is 1.69. The minimum atomic E-state index is -1.07. The smallest absolute Gasteiger partial charge is 0.250 e. The van der Waals surface area contributed by atoms with Crippen molar-refractivity contribution < 1.29 is 13.7 Å². The quantitative estimate of drug-likeness (QED) is 0.278. The molecular formula is C25H27FN2O3S2. The van der Waals surface area contributed by atoms with Gasteiger partial charge < -0.3 is 9.12 Å². The summed E-state index contributed by atoms with van der Waals surface area (Å²) in [5.74, 6) is -0.350. The number of benzene rings is 2. The van der Waals surface area contributed by atoms with E-state index in [0.29, 0.717) is 33.6 Å². The average Bonchev–Trinajstić information content (AvgIpc) is 2.80. The van der Waals surface area contributed by atoms with E-state index in [4.69, 9.17) is 0 Å². The Labute approximate surface area is 201 Å². The van der Waals surface area contributed by atoms with Crippen LogP contribution < -0.4 is 10.3 Å². The van der Waals surface area contributed by atoms with Crippen molar-refractivity contribution in [2.45, 2.75) is 37.8 Å². The number of thiol groups is 1. The Morgan fingerprint density at radius 1 is 1.12 bits per heavy atom. The van der Waals surface area contributed by atoms with Gasteiger partial charge in [0.1, 0.15) is 16.8 Å². The molecule has 0 amide bonds. The fourth-order valence-corrected chi connectivity index (χ4v) is 4.47. The molecule has 0 saturated carbocycles. The Balaban J connectivity index is 2.24. The van der Waals surface area contributed by atoms with Crippen LogP contribution in [0.25, 0.3) is 11.1 Å². The SMILES string of the molecule is CC(NS)c1cc(=O)n(C)cc1-c1cc(C[S+]([O-])C(C)C)ccc1C(=O)c1ccc(F)cc1. The number of aromatic nitrogens is 1. The zero-order valence-corrected chi connectivity index (χ0v) is 20.7. The molecule has 0 bridgehead atoms. The van der Waals surface area contributed by atoms with Crippen molar-refractivity contribution in [2.75, 3.05) is 0 Å². The summed E-state index contributed by atoms with van der Waals surface area (Å²) in [4.78, 5) is 25.8. The third kappa shape index (κ3) is 5.76. The molecule has 0 aliphatic heterocycles. The lowest BCUT2D eigenvalue weighted by Gasteiger charge is -2.20. The Hall–Kier alpha value is -2.39. The molecule has 0 fully saturated rings. The monoisotopic (exact) mass is 486 g/mol. The number of pyridine rings is 1. The predicted octanol–water partition coefficient (Wildman–Crippen LogP) is 4.57. The van der Waals surface area contributed by atoms with Gasteiger partial charge >= 0.3 is 0 Å². The molecule has 2 atom stereocenters. The number of carbonyl (C=O) groups excluding carboxylic acids is 1. The number of rotatable bonds is 8. The van der Waals surface area contributed by atoms with Crippen LogP contribution in [0.1, 0.15) is 53.9 Å². The second kappa shape index (κ2) is 10.7. The van der Waals surface area contributed by atoms with Gasteiger partial charge in [0.25, 0.3) is 5.56 Å². The zero-order valence-electron chi connectivity index (χ0n) is 19.0. The summed E-state index contributed by atoms with van der Waals surface area (Å²) in [5, 5.41) is -0.00418. The summed E-state index contributed by atoms with van der Waals surface area (Å²) < 4.78 is 30.2. The highest BCUT2D eigenvalue weighted by Crippen LogP contribution is 2.33. The highest BCUT2D eigenvalue weighted by Gasteiger charge is 2.22. The van der Waals surface area contributed by atoms with E-state index < -0.39 is 17.0 Å². The second-order valence-corrected chi connectivity index (χ2v) is 10.5. The van der Waals surface area contributed by atoms with Gasteiger partial charge in [-0.15, -0.1) is 0 Å². The van der Waals surface area contributed by atoms with Crippen LogP contribution in [0.5, 0.6) is 0 Å². The Morgan fingerprint density at radius 3 is 2.39 bits per heavy atom. The molecule has 1 heterocycles. The first-order valence-electron chi connectivity index (χ1n) is 10.5. The number of halogens is 1. The third-order valence-electron chi connectivity index (χ3n) is 5.48. The number of nitrogens with zero attached hydrogens (tertiary/aromatic N) is 1. The van der Waals surface area contributed by atoms with Crippen LogP contribution in [0.2, 0.25) is 0 Å². The first-order valence-corrected chi connectivity index (χ1v) is 12.4. The van der Waals surface area contributed by atoms with Crippen molar-refractivity contribution in [1.82, 2.24) is 9.29 Å². The normalized spacial score (nSPS) is 13.2. The summed E-state index contributed by atoms with van der Waals surface area (Å²) in [5.41, 5.74) is 3.38. The van der Waals surface area contributed by atoms with E-state index in [0.717, 1.165) is 5.56 Å². The maximum absolute atomic E-state index is 13.4. The highest BCUT2D eigenvalue weighted by molar-refractivity contribution is 7.91. The summed E-state index contributed by atoms with van der Waals surface area (Å²) in [6, 6.07) is 12.0. The largest absolute Gasteiger partial charge is 0.616 e. The standard InChI is InChI=1S/C25H27FN2O3S2/c1-15(2)33(31)14-17-5-10-20(25(30)18-6-8-19(26)9-7-18)22(11-17)23-13-28(4)24(29)12-21(23)16(3)27-32/h5-13,15-16,27,32H,14H2,1-4H3. The number of ketones is 1. The van der Waals surface area contributed by atoms with Crippen molar-refractivity contribution in [3.63, 3.8) is 0 Å². The van der Waals surface area contributed by atoms with Crippen molar-refractivity contribution >= 4 is 29.8 Å². The van der Waals surface area contributed by atoms with Crippen molar-refractivity contribution in [1.29, 1.82) is 0 Å². The van der Waals surface area contributed by atoms with Crippen molar-refractivity contribution in [3.05, 3.63) is 93.2 Å². The molecule has 0 aliphatic rings. The number of hydrogen-bond acceptors (Lipinski definition) is 5. The second-order valence-electron chi connectivity index (χ2n) is 8.23. The van der Waals surface area contributed by atoms with Gasteiger partial charge in [-0.05, 0) is 79.5 Å². The van der Waals surface area contributed by atoms with E-state index >= 15 is 0 Å². The van der Waals surface area contributed by atoms with Gasteiger partial charge in [-0.1, -0.05) is 18.9 Å². The average molecular weight is 487 g/mol. The topological polar surface area (TPSA) is 74.2 Å². The Bertz CT molecular complexity index is 1210. The maximum Gasteiger partial charge on any atom is 0.250 e. The van der Waals surface area contributed by atoms with Gasteiger partial charge in [0, 0.05) is 47.6 Å².